The fourth-order valence-electron chi connectivity index (χ4n) is 4.49. The molecule has 0 aliphatic carbocycles. The van der Waals surface area contributed by atoms with E-state index in [9.17, 15) is 14.7 Å². The van der Waals surface area contributed by atoms with Crippen LogP contribution in [0.25, 0.3) is 5.76 Å². The van der Waals surface area contributed by atoms with Gasteiger partial charge < -0.3 is 10.0 Å². The Kier molecular flexibility index (Phi) is 5.89. The molecule has 4 rings (SSSR count). The van der Waals surface area contributed by atoms with Gasteiger partial charge in [-0.15, -0.1) is 0 Å². The van der Waals surface area contributed by atoms with Gasteiger partial charge in [0.05, 0.1) is 22.9 Å². The van der Waals surface area contributed by atoms with Crippen molar-refractivity contribution in [3.8, 4) is 0 Å². The van der Waals surface area contributed by atoms with E-state index in [1.54, 1.807) is 37.1 Å². The van der Waals surface area contributed by atoms with E-state index in [4.69, 9.17) is 0 Å². The van der Waals surface area contributed by atoms with Crippen LogP contribution in [0, 0.1) is 13.8 Å². The molecular formula is C27H30N4O3. The number of benzene rings is 1. The van der Waals surface area contributed by atoms with Crippen LogP contribution in [0.5, 0.6) is 0 Å². The highest BCUT2D eigenvalue weighted by atomic mass is 16.3. The number of aryl methyl sites for hydroxylation is 2. The zero-order chi connectivity index (χ0) is 24.8. The van der Waals surface area contributed by atoms with E-state index in [1.165, 1.54) is 4.90 Å². The van der Waals surface area contributed by atoms with Gasteiger partial charge >= 0.3 is 0 Å². The number of Topliss-reactive ketones (excluding diaryl/α,β-unsaturated/α-hetero) is 1. The quantitative estimate of drug-likeness (QED) is 0.357. The summed E-state index contributed by atoms with van der Waals surface area (Å²) in [6, 6.07) is 10.8. The van der Waals surface area contributed by atoms with Crippen LogP contribution in [0.4, 0.5) is 0 Å². The zero-order valence-corrected chi connectivity index (χ0v) is 20.5. The number of amides is 1. The molecule has 2 aromatic heterocycles. The van der Waals surface area contributed by atoms with Crippen LogP contribution in [0.2, 0.25) is 0 Å². The van der Waals surface area contributed by atoms with Crippen LogP contribution in [0.15, 0.2) is 54.4 Å². The van der Waals surface area contributed by atoms with Crippen molar-refractivity contribution in [2.75, 3.05) is 0 Å². The van der Waals surface area contributed by atoms with Gasteiger partial charge in [-0.05, 0) is 42.0 Å². The summed E-state index contributed by atoms with van der Waals surface area (Å²) in [4.78, 5) is 32.2. The topological polar surface area (TPSA) is 88.3 Å². The van der Waals surface area contributed by atoms with E-state index in [0.717, 1.165) is 22.4 Å². The van der Waals surface area contributed by atoms with E-state index < -0.39 is 17.7 Å². The van der Waals surface area contributed by atoms with E-state index in [2.05, 4.69) is 30.9 Å². The van der Waals surface area contributed by atoms with Gasteiger partial charge in [-0.2, -0.15) is 5.10 Å². The third-order valence-electron chi connectivity index (χ3n) is 6.45. The normalized spacial score (nSPS) is 18.1. The van der Waals surface area contributed by atoms with Gasteiger partial charge in [0, 0.05) is 31.7 Å². The summed E-state index contributed by atoms with van der Waals surface area (Å²) in [5.74, 6) is -1.54. The van der Waals surface area contributed by atoms with Crippen molar-refractivity contribution in [3.05, 3.63) is 88.0 Å². The summed E-state index contributed by atoms with van der Waals surface area (Å²) in [5.41, 5.74) is 4.54. The summed E-state index contributed by atoms with van der Waals surface area (Å²) in [6.45, 7) is 10.2. The molecule has 0 radical (unpaired) electrons. The van der Waals surface area contributed by atoms with Gasteiger partial charge in [-0.25, -0.2) is 0 Å². The van der Waals surface area contributed by atoms with Crippen LogP contribution in [0.3, 0.4) is 0 Å². The number of carbonyl (C=O) groups excluding carboxylic acids is 2. The van der Waals surface area contributed by atoms with Gasteiger partial charge in [-0.3, -0.25) is 19.3 Å². The van der Waals surface area contributed by atoms with Gasteiger partial charge in [0.15, 0.2) is 0 Å². The van der Waals surface area contributed by atoms with Gasteiger partial charge in [-0.1, -0.05) is 51.1 Å². The van der Waals surface area contributed by atoms with Crippen LogP contribution in [-0.2, 0) is 28.6 Å². The van der Waals surface area contributed by atoms with Crippen molar-refractivity contribution in [1.82, 2.24) is 19.7 Å². The van der Waals surface area contributed by atoms with E-state index in [0.29, 0.717) is 11.3 Å². The minimum Gasteiger partial charge on any atom is -0.507 e. The Morgan fingerprint density at radius 1 is 1.09 bits per heavy atom. The number of ketones is 1. The first-order valence-electron chi connectivity index (χ1n) is 11.3. The molecule has 7 heteroatoms. The van der Waals surface area contributed by atoms with Crippen molar-refractivity contribution in [1.29, 1.82) is 0 Å². The number of aromatic nitrogens is 3. The third-order valence-corrected chi connectivity index (χ3v) is 6.45. The molecule has 1 aliphatic rings. The first-order chi connectivity index (χ1) is 16.0. The first-order valence-corrected chi connectivity index (χ1v) is 11.3. The maximum atomic E-state index is 13.3. The standard InChI is InChI=1S/C27H30N4O3/c1-16-21(17(2)30(6)29-16)24(32)22-23(19-9-11-20(12-10-19)27(3,4)5)31(26(34)25(22)33)15-18-8-7-13-28-14-18/h7-14,23,32H,15H2,1-6H3. The Labute approximate surface area is 199 Å². The zero-order valence-electron chi connectivity index (χ0n) is 20.5. The highest BCUT2D eigenvalue weighted by Gasteiger charge is 2.46. The second kappa shape index (κ2) is 8.56. The fraction of sp³-hybridized carbons (Fsp3) is 0.333. The Hall–Kier alpha value is -3.74. The summed E-state index contributed by atoms with van der Waals surface area (Å²) >= 11 is 0. The van der Waals surface area contributed by atoms with Crippen LogP contribution in [-0.4, -0.2) is 36.5 Å². The Morgan fingerprint density at radius 2 is 1.76 bits per heavy atom. The Bertz CT molecular complexity index is 1280. The number of carbonyl (C=O) groups is 2. The molecule has 1 fully saturated rings. The molecule has 3 aromatic rings. The molecule has 1 atom stereocenters. The lowest BCUT2D eigenvalue weighted by molar-refractivity contribution is -0.140. The van der Waals surface area contributed by atoms with Crippen molar-refractivity contribution in [3.63, 3.8) is 0 Å². The molecule has 7 nitrogen and oxygen atoms in total. The summed E-state index contributed by atoms with van der Waals surface area (Å²) in [5, 5.41) is 15.8. The second-order valence-corrected chi connectivity index (χ2v) is 9.83. The van der Waals surface area contributed by atoms with Crippen molar-refractivity contribution in [2.24, 2.45) is 7.05 Å². The predicted molar refractivity (Wildman–Crippen MR) is 130 cm³/mol. The van der Waals surface area contributed by atoms with Crippen molar-refractivity contribution < 1.29 is 14.7 Å². The van der Waals surface area contributed by atoms with Gasteiger partial charge in [0.2, 0.25) is 0 Å². The Morgan fingerprint density at radius 3 is 2.29 bits per heavy atom. The lowest BCUT2D eigenvalue weighted by atomic mass is 9.85. The molecule has 34 heavy (non-hydrogen) atoms. The number of likely N-dealkylation sites (tertiary alicyclic amines) is 1. The summed E-state index contributed by atoms with van der Waals surface area (Å²) < 4.78 is 1.66. The molecule has 176 valence electrons. The average Bonchev–Trinajstić information content (AvgIpc) is 3.19. The van der Waals surface area contributed by atoms with Gasteiger partial charge in [0.25, 0.3) is 11.7 Å². The molecule has 3 heterocycles. The van der Waals surface area contributed by atoms with E-state index in [1.807, 2.05) is 37.3 Å². The molecule has 1 N–H and O–H groups in total. The van der Waals surface area contributed by atoms with Crippen molar-refractivity contribution >= 4 is 17.4 Å². The van der Waals surface area contributed by atoms with Crippen LogP contribution >= 0.6 is 0 Å². The summed E-state index contributed by atoms with van der Waals surface area (Å²) in [6.07, 6.45) is 3.34. The number of aliphatic hydroxyl groups is 1. The molecule has 1 unspecified atom stereocenters. The fourth-order valence-corrected chi connectivity index (χ4v) is 4.49. The number of hydrogen-bond donors (Lipinski definition) is 1. The highest BCUT2D eigenvalue weighted by molar-refractivity contribution is 6.46. The molecular weight excluding hydrogens is 428 g/mol. The number of rotatable bonds is 4. The highest BCUT2D eigenvalue weighted by Crippen LogP contribution is 2.41. The summed E-state index contributed by atoms with van der Waals surface area (Å²) in [7, 11) is 1.78. The maximum Gasteiger partial charge on any atom is 0.295 e. The second-order valence-electron chi connectivity index (χ2n) is 9.83. The Balaban J connectivity index is 1.90. The van der Waals surface area contributed by atoms with Crippen LogP contribution in [0.1, 0.15) is 60.5 Å². The van der Waals surface area contributed by atoms with E-state index >= 15 is 0 Å². The molecule has 1 amide bonds. The molecule has 1 saturated heterocycles. The molecule has 1 aromatic carbocycles. The largest absolute Gasteiger partial charge is 0.507 e. The lowest BCUT2D eigenvalue weighted by Gasteiger charge is -2.26. The third kappa shape index (κ3) is 4.02. The number of aliphatic hydroxyl groups excluding tert-OH is 1. The van der Waals surface area contributed by atoms with Gasteiger partial charge in [0.1, 0.15) is 5.76 Å². The smallest absolute Gasteiger partial charge is 0.295 e. The number of pyridine rings is 1. The minimum absolute atomic E-state index is 0.0417. The maximum absolute atomic E-state index is 13.3. The SMILES string of the molecule is Cc1nn(C)c(C)c1C(O)=C1C(=O)C(=O)N(Cc2cccnc2)C1c1ccc(C(C)(C)C)cc1. The number of hydrogen-bond acceptors (Lipinski definition) is 5. The van der Waals surface area contributed by atoms with E-state index in [-0.39, 0.29) is 23.3 Å². The first kappa shape index (κ1) is 23.4. The molecule has 0 spiro atoms. The molecule has 0 saturated carbocycles. The monoisotopic (exact) mass is 458 g/mol. The van der Waals surface area contributed by atoms with Crippen LogP contribution < -0.4 is 0 Å². The molecule has 1 aliphatic heterocycles. The minimum atomic E-state index is -0.728. The predicted octanol–water partition coefficient (Wildman–Crippen LogP) is 4.35. The molecule has 0 bridgehead atoms. The number of nitrogens with zero attached hydrogens (tertiary/aromatic N) is 4. The average molecular weight is 459 g/mol. The lowest BCUT2D eigenvalue weighted by Crippen LogP contribution is -2.29. The van der Waals surface area contributed by atoms with Crippen molar-refractivity contribution in [2.45, 2.75) is 52.6 Å².